The third-order valence-electron chi connectivity index (χ3n) is 3.31. The monoisotopic (exact) mass is 269 g/mol. The Balaban J connectivity index is 2.15. The highest BCUT2D eigenvalue weighted by Gasteiger charge is 2.23. The number of halogens is 1. The van der Waals surface area contributed by atoms with Gasteiger partial charge in [-0.05, 0) is 18.8 Å². The van der Waals surface area contributed by atoms with Crippen molar-refractivity contribution in [3.05, 3.63) is 27.4 Å². The van der Waals surface area contributed by atoms with E-state index in [0.29, 0.717) is 11.7 Å². The normalized spacial score (nSPS) is 23.7. The fourth-order valence-electron chi connectivity index (χ4n) is 2.44. The van der Waals surface area contributed by atoms with Gasteiger partial charge in [-0.25, -0.2) is 4.98 Å². The Labute approximate surface area is 111 Å². The summed E-state index contributed by atoms with van der Waals surface area (Å²) >= 11 is 5.73. The molecule has 1 fully saturated rings. The van der Waals surface area contributed by atoms with Crippen molar-refractivity contribution < 1.29 is 4.92 Å². The van der Waals surface area contributed by atoms with Gasteiger partial charge in [0.15, 0.2) is 0 Å². The number of nitrogens with one attached hydrogen (secondary N) is 1. The molecular weight excluding hydrogens is 254 g/mol. The lowest BCUT2D eigenvalue weighted by molar-refractivity contribution is -0.384. The SMILES string of the molecule is CC1CCCC(Nc2ncc(Cl)cc2[N+](=O)[O-])C1. The fraction of sp³-hybridized carbons (Fsp3) is 0.583. The van der Waals surface area contributed by atoms with Crippen LogP contribution in [0.4, 0.5) is 11.5 Å². The molecule has 2 unspecified atom stereocenters. The van der Waals surface area contributed by atoms with Crippen LogP contribution in [0, 0.1) is 16.0 Å². The van der Waals surface area contributed by atoms with Crippen LogP contribution < -0.4 is 5.32 Å². The maximum Gasteiger partial charge on any atom is 0.312 e. The number of anilines is 1. The maximum atomic E-state index is 10.9. The van der Waals surface area contributed by atoms with Gasteiger partial charge in [0.1, 0.15) is 0 Å². The van der Waals surface area contributed by atoms with Crippen LogP contribution >= 0.6 is 11.6 Å². The van der Waals surface area contributed by atoms with Gasteiger partial charge in [0.05, 0.1) is 9.95 Å². The van der Waals surface area contributed by atoms with E-state index < -0.39 is 4.92 Å². The number of hydrogen-bond donors (Lipinski definition) is 1. The second-order valence-corrected chi connectivity index (χ2v) is 5.33. The lowest BCUT2D eigenvalue weighted by Gasteiger charge is -2.27. The van der Waals surface area contributed by atoms with E-state index in [1.807, 2.05) is 0 Å². The van der Waals surface area contributed by atoms with E-state index in [0.717, 1.165) is 19.3 Å². The molecule has 1 aliphatic rings. The van der Waals surface area contributed by atoms with Crippen LogP contribution in [-0.2, 0) is 0 Å². The number of aromatic nitrogens is 1. The molecule has 0 amide bonds. The summed E-state index contributed by atoms with van der Waals surface area (Å²) in [7, 11) is 0. The molecule has 1 aliphatic carbocycles. The summed E-state index contributed by atoms with van der Waals surface area (Å²) in [4.78, 5) is 14.5. The first-order valence-corrected chi connectivity index (χ1v) is 6.50. The third-order valence-corrected chi connectivity index (χ3v) is 3.51. The van der Waals surface area contributed by atoms with Crippen molar-refractivity contribution in [2.24, 2.45) is 5.92 Å². The fourth-order valence-corrected chi connectivity index (χ4v) is 2.59. The molecule has 0 spiro atoms. The van der Waals surface area contributed by atoms with E-state index in [9.17, 15) is 10.1 Å². The van der Waals surface area contributed by atoms with Crippen molar-refractivity contribution in [3.8, 4) is 0 Å². The second kappa shape index (κ2) is 5.52. The molecule has 18 heavy (non-hydrogen) atoms. The van der Waals surface area contributed by atoms with Crippen molar-refractivity contribution in [2.75, 3.05) is 5.32 Å². The Morgan fingerprint density at radius 1 is 1.56 bits per heavy atom. The maximum absolute atomic E-state index is 10.9. The molecule has 1 aromatic heterocycles. The molecule has 0 saturated heterocycles. The molecule has 1 saturated carbocycles. The molecule has 0 aliphatic heterocycles. The van der Waals surface area contributed by atoms with Gasteiger partial charge in [-0.15, -0.1) is 0 Å². The molecule has 1 heterocycles. The molecule has 0 aromatic carbocycles. The van der Waals surface area contributed by atoms with Gasteiger partial charge in [-0.1, -0.05) is 31.4 Å². The van der Waals surface area contributed by atoms with Gasteiger partial charge in [-0.3, -0.25) is 10.1 Å². The minimum absolute atomic E-state index is 0.0549. The van der Waals surface area contributed by atoms with E-state index in [1.165, 1.54) is 18.7 Å². The van der Waals surface area contributed by atoms with Crippen LogP contribution in [0.1, 0.15) is 32.6 Å². The van der Waals surface area contributed by atoms with E-state index in [4.69, 9.17) is 11.6 Å². The zero-order valence-electron chi connectivity index (χ0n) is 10.2. The molecule has 2 rings (SSSR count). The number of hydrogen-bond acceptors (Lipinski definition) is 4. The van der Waals surface area contributed by atoms with Crippen molar-refractivity contribution in [3.63, 3.8) is 0 Å². The number of pyridine rings is 1. The van der Waals surface area contributed by atoms with E-state index in [1.54, 1.807) is 0 Å². The lowest BCUT2D eigenvalue weighted by atomic mass is 9.87. The van der Waals surface area contributed by atoms with Crippen LogP contribution in [-0.4, -0.2) is 15.9 Å². The predicted octanol–water partition coefficient (Wildman–Crippen LogP) is 3.63. The Hall–Kier alpha value is -1.36. The van der Waals surface area contributed by atoms with Gasteiger partial charge in [0.25, 0.3) is 0 Å². The summed E-state index contributed by atoms with van der Waals surface area (Å²) < 4.78 is 0. The van der Waals surface area contributed by atoms with Crippen LogP contribution in [0.3, 0.4) is 0 Å². The first-order chi connectivity index (χ1) is 8.56. The first-order valence-electron chi connectivity index (χ1n) is 6.12. The molecule has 98 valence electrons. The lowest BCUT2D eigenvalue weighted by Crippen LogP contribution is -2.27. The van der Waals surface area contributed by atoms with Crippen molar-refractivity contribution in [1.29, 1.82) is 0 Å². The van der Waals surface area contributed by atoms with Crippen LogP contribution in [0.25, 0.3) is 0 Å². The highest BCUT2D eigenvalue weighted by molar-refractivity contribution is 6.30. The average Bonchev–Trinajstić information content (AvgIpc) is 2.31. The molecule has 0 radical (unpaired) electrons. The van der Waals surface area contributed by atoms with Gasteiger partial charge < -0.3 is 5.32 Å². The minimum atomic E-state index is -0.451. The molecule has 1 N–H and O–H groups in total. The molecule has 6 heteroatoms. The standard InChI is InChI=1S/C12H16ClN3O2/c1-8-3-2-4-10(5-8)15-12-11(16(17)18)6-9(13)7-14-12/h6-8,10H,2-5H2,1H3,(H,14,15). The van der Waals surface area contributed by atoms with Gasteiger partial charge in [0.2, 0.25) is 5.82 Å². The summed E-state index contributed by atoms with van der Waals surface area (Å²) in [6.45, 7) is 2.21. The smallest absolute Gasteiger partial charge is 0.312 e. The van der Waals surface area contributed by atoms with E-state index in [-0.39, 0.29) is 16.8 Å². The summed E-state index contributed by atoms with van der Waals surface area (Å²) in [5.41, 5.74) is -0.0549. The van der Waals surface area contributed by atoms with E-state index in [2.05, 4.69) is 17.2 Å². The number of nitrogens with zero attached hydrogens (tertiary/aromatic N) is 2. The quantitative estimate of drug-likeness (QED) is 0.672. The zero-order valence-corrected chi connectivity index (χ0v) is 11.0. The summed E-state index contributed by atoms with van der Waals surface area (Å²) in [5, 5.41) is 14.4. The largest absolute Gasteiger partial charge is 0.362 e. The Bertz CT molecular complexity index is 453. The molecule has 2 atom stereocenters. The summed E-state index contributed by atoms with van der Waals surface area (Å²) in [6.07, 6.45) is 5.88. The highest BCUT2D eigenvalue weighted by atomic mass is 35.5. The average molecular weight is 270 g/mol. The van der Waals surface area contributed by atoms with Gasteiger partial charge in [0, 0.05) is 18.3 Å². The van der Waals surface area contributed by atoms with Crippen molar-refractivity contribution in [1.82, 2.24) is 4.98 Å². The summed E-state index contributed by atoms with van der Waals surface area (Å²) in [6, 6.07) is 1.60. The first kappa shape index (κ1) is 13.1. The Morgan fingerprint density at radius 2 is 2.33 bits per heavy atom. The number of rotatable bonds is 3. The van der Waals surface area contributed by atoms with Crippen LogP contribution in [0.15, 0.2) is 12.3 Å². The zero-order chi connectivity index (χ0) is 13.1. The Kier molecular flexibility index (Phi) is 4.01. The van der Waals surface area contributed by atoms with Gasteiger partial charge in [-0.2, -0.15) is 0 Å². The van der Waals surface area contributed by atoms with E-state index >= 15 is 0 Å². The second-order valence-electron chi connectivity index (χ2n) is 4.89. The third kappa shape index (κ3) is 3.10. The predicted molar refractivity (Wildman–Crippen MR) is 70.9 cm³/mol. The number of nitro groups is 1. The molecule has 0 bridgehead atoms. The van der Waals surface area contributed by atoms with Crippen LogP contribution in [0.5, 0.6) is 0 Å². The Morgan fingerprint density at radius 3 is 3.00 bits per heavy atom. The molecule has 1 aromatic rings. The minimum Gasteiger partial charge on any atom is -0.362 e. The van der Waals surface area contributed by atoms with Crippen molar-refractivity contribution >= 4 is 23.1 Å². The van der Waals surface area contributed by atoms with Gasteiger partial charge >= 0.3 is 5.69 Å². The van der Waals surface area contributed by atoms with Crippen molar-refractivity contribution in [2.45, 2.75) is 38.6 Å². The van der Waals surface area contributed by atoms with Crippen LogP contribution in [0.2, 0.25) is 5.02 Å². The molecule has 5 nitrogen and oxygen atoms in total. The summed E-state index contributed by atoms with van der Waals surface area (Å²) in [5.74, 6) is 0.978. The molecular formula is C12H16ClN3O2. The highest BCUT2D eigenvalue weighted by Crippen LogP contribution is 2.30. The topological polar surface area (TPSA) is 68.1 Å².